The Balaban J connectivity index is 1.83. The summed E-state index contributed by atoms with van der Waals surface area (Å²) in [7, 11) is 0. The number of carbonyl (C=O) groups is 1. The molecule has 0 aliphatic rings. The van der Waals surface area contributed by atoms with E-state index in [1.54, 1.807) is 29.2 Å². The van der Waals surface area contributed by atoms with Gasteiger partial charge in [0.05, 0.1) is 24.6 Å². The first kappa shape index (κ1) is 12.0. The van der Waals surface area contributed by atoms with Gasteiger partial charge in [0, 0.05) is 12.7 Å². The Morgan fingerprint density at radius 2 is 2.33 bits per heavy atom. The van der Waals surface area contributed by atoms with E-state index >= 15 is 0 Å². The van der Waals surface area contributed by atoms with Crippen molar-refractivity contribution in [1.82, 2.24) is 25.3 Å². The standard InChI is InChI=1S/C10H13N7O/c11-15-8-1-2-9(13-7-8)10(18)12-3-5-17-6-4-14-16-17/h1-2,4,6-7,15H,3,5,11H2,(H,12,18). The minimum Gasteiger partial charge on any atom is -0.349 e. The summed E-state index contributed by atoms with van der Waals surface area (Å²) in [6.45, 7) is 1.02. The number of rotatable bonds is 5. The summed E-state index contributed by atoms with van der Waals surface area (Å²) in [5.74, 6) is 4.97. The van der Waals surface area contributed by atoms with Crippen molar-refractivity contribution in [1.29, 1.82) is 0 Å². The maximum Gasteiger partial charge on any atom is 0.269 e. The highest BCUT2D eigenvalue weighted by Crippen LogP contribution is 2.03. The minimum absolute atomic E-state index is 0.237. The highest BCUT2D eigenvalue weighted by Gasteiger charge is 2.06. The first-order valence-corrected chi connectivity index (χ1v) is 5.34. The van der Waals surface area contributed by atoms with E-state index in [9.17, 15) is 4.79 Å². The molecule has 18 heavy (non-hydrogen) atoms. The number of hydrogen-bond acceptors (Lipinski definition) is 6. The molecule has 0 aromatic carbocycles. The Kier molecular flexibility index (Phi) is 3.82. The molecule has 0 aliphatic heterocycles. The highest BCUT2D eigenvalue weighted by molar-refractivity contribution is 5.92. The lowest BCUT2D eigenvalue weighted by molar-refractivity contribution is 0.0947. The average molecular weight is 247 g/mol. The maximum atomic E-state index is 11.7. The normalized spacial score (nSPS) is 10.1. The number of hydrogen-bond donors (Lipinski definition) is 3. The van der Waals surface area contributed by atoms with Gasteiger partial charge in [-0.25, -0.2) is 4.98 Å². The zero-order chi connectivity index (χ0) is 12.8. The molecule has 2 heterocycles. The van der Waals surface area contributed by atoms with Crippen LogP contribution in [-0.4, -0.2) is 32.4 Å². The topological polar surface area (TPSA) is 111 Å². The number of nitrogens with one attached hydrogen (secondary N) is 2. The van der Waals surface area contributed by atoms with Crippen LogP contribution in [0.3, 0.4) is 0 Å². The Bertz CT molecular complexity index is 493. The van der Waals surface area contributed by atoms with E-state index in [1.807, 2.05) is 0 Å². The second kappa shape index (κ2) is 5.73. The van der Waals surface area contributed by atoms with Crippen molar-refractivity contribution >= 4 is 11.6 Å². The summed E-state index contributed by atoms with van der Waals surface area (Å²) in [6.07, 6.45) is 4.81. The largest absolute Gasteiger partial charge is 0.349 e. The van der Waals surface area contributed by atoms with Gasteiger partial charge in [-0.05, 0) is 12.1 Å². The van der Waals surface area contributed by atoms with Gasteiger partial charge in [-0.1, -0.05) is 5.21 Å². The van der Waals surface area contributed by atoms with E-state index in [0.717, 1.165) is 0 Å². The highest BCUT2D eigenvalue weighted by atomic mass is 16.1. The first-order valence-electron chi connectivity index (χ1n) is 5.34. The van der Waals surface area contributed by atoms with Gasteiger partial charge < -0.3 is 10.7 Å². The molecular formula is C10H13N7O. The predicted molar refractivity (Wildman–Crippen MR) is 64.4 cm³/mol. The first-order chi connectivity index (χ1) is 8.79. The van der Waals surface area contributed by atoms with Crippen molar-refractivity contribution in [3.8, 4) is 0 Å². The van der Waals surface area contributed by atoms with Crippen LogP contribution in [0.15, 0.2) is 30.7 Å². The summed E-state index contributed by atoms with van der Waals surface area (Å²) in [5.41, 5.74) is 3.43. The van der Waals surface area contributed by atoms with Crippen molar-refractivity contribution in [2.24, 2.45) is 5.84 Å². The van der Waals surface area contributed by atoms with E-state index in [-0.39, 0.29) is 5.91 Å². The lowest BCUT2D eigenvalue weighted by atomic mass is 10.3. The quantitative estimate of drug-likeness (QED) is 0.480. The molecular weight excluding hydrogens is 234 g/mol. The third-order valence-corrected chi connectivity index (χ3v) is 2.26. The molecule has 0 saturated carbocycles. The summed E-state index contributed by atoms with van der Waals surface area (Å²) >= 11 is 0. The average Bonchev–Trinajstić information content (AvgIpc) is 2.92. The third kappa shape index (κ3) is 3.01. The Morgan fingerprint density at radius 3 is 2.94 bits per heavy atom. The third-order valence-electron chi connectivity index (χ3n) is 2.26. The number of pyridine rings is 1. The van der Waals surface area contributed by atoms with Crippen molar-refractivity contribution in [3.63, 3.8) is 0 Å². The zero-order valence-electron chi connectivity index (χ0n) is 9.58. The van der Waals surface area contributed by atoms with Crippen LogP contribution in [0.4, 0.5) is 5.69 Å². The van der Waals surface area contributed by atoms with E-state index in [4.69, 9.17) is 5.84 Å². The molecule has 0 unspecified atom stereocenters. The molecule has 2 rings (SSSR count). The molecule has 94 valence electrons. The molecule has 4 N–H and O–H groups in total. The lowest BCUT2D eigenvalue weighted by Gasteiger charge is -2.05. The fraction of sp³-hybridized carbons (Fsp3) is 0.200. The van der Waals surface area contributed by atoms with Gasteiger partial charge in [0.25, 0.3) is 5.91 Å². The Morgan fingerprint density at radius 1 is 1.44 bits per heavy atom. The van der Waals surface area contributed by atoms with Gasteiger partial charge in [-0.3, -0.25) is 15.3 Å². The zero-order valence-corrected chi connectivity index (χ0v) is 9.58. The lowest BCUT2D eigenvalue weighted by Crippen LogP contribution is -2.28. The van der Waals surface area contributed by atoms with E-state index in [0.29, 0.717) is 24.5 Å². The number of anilines is 1. The maximum absolute atomic E-state index is 11.7. The number of nitrogens with zero attached hydrogens (tertiary/aromatic N) is 4. The summed E-state index contributed by atoms with van der Waals surface area (Å²) in [6, 6.07) is 3.28. The number of hydrazine groups is 1. The van der Waals surface area contributed by atoms with Crippen LogP contribution in [0, 0.1) is 0 Å². The molecule has 0 spiro atoms. The summed E-state index contributed by atoms with van der Waals surface area (Å²) in [5, 5.41) is 10.2. The summed E-state index contributed by atoms with van der Waals surface area (Å²) in [4.78, 5) is 15.7. The smallest absolute Gasteiger partial charge is 0.269 e. The SMILES string of the molecule is NNc1ccc(C(=O)NCCn2ccnn2)nc1. The summed E-state index contributed by atoms with van der Waals surface area (Å²) < 4.78 is 1.63. The number of nitrogen functional groups attached to an aromatic ring is 1. The Hall–Kier alpha value is -2.48. The van der Waals surface area contributed by atoms with Crippen LogP contribution in [0.1, 0.15) is 10.5 Å². The molecule has 2 aromatic heterocycles. The van der Waals surface area contributed by atoms with Crippen LogP contribution in [0.2, 0.25) is 0 Å². The van der Waals surface area contributed by atoms with Crippen molar-refractivity contribution < 1.29 is 4.79 Å². The van der Waals surface area contributed by atoms with Crippen LogP contribution in [0.5, 0.6) is 0 Å². The van der Waals surface area contributed by atoms with Crippen molar-refractivity contribution in [2.45, 2.75) is 6.54 Å². The Labute approximate surface area is 103 Å². The van der Waals surface area contributed by atoms with Crippen molar-refractivity contribution in [2.75, 3.05) is 12.0 Å². The van der Waals surface area contributed by atoms with Gasteiger partial charge in [0.2, 0.25) is 0 Å². The monoisotopic (exact) mass is 247 g/mol. The van der Waals surface area contributed by atoms with Crippen molar-refractivity contribution in [3.05, 3.63) is 36.4 Å². The van der Waals surface area contributed by atoms with E-state index in [2.05, 4.69) is 26.0 Å². The van der Waals surface area contributed by atoms with Gasteiger partial charge in [-0.15, -0.1) is 5.10 Å². The molecule has 2 aromatic rings. The van der Waals surface area contributed by atoms with Crippen LogP contribution < -0.4 is 16.6 Å². The second-order valence-corrected chi connectivity index (χ2v) is 3.50. The molecule has 8 nitrogen and oxygen atoms in total. The fourth-order valence-corrected chi connectivity index (χ4v) is 1.34. The molecule has 0 aliphatic carbocycles. The molecule has 0 bridgehead atoms. The van der Waals surface area contributed by atoms with Crippen LogP contribution >= 0.6 is 0 Å². The van der Waals surface area contributed by atoms with Crippen LogP contribution in [-0.2, 0) is 6.54 Å². The van der Waals surface area contributed by atoms with E-state index in [1.165, 1.54) is 6.20 Å². The van der Waals surface area contributed by atoms with E-state index < -0.39 is 0 Å². The van der Waals surface area contributed by atoms with Gasteiger partial charge >= 0.3 is 0 Å². The number of nitrogens with two attached hydrogens (primary N) is 1. The van der Waals surface area contributed by atoms with Gasteiger partial charge in [0.1, 0.15) is 5.69 Å². The molecule has 0 radical (unpaired) electrons. The van der Waals surface area contributed by atoms with Gasteiger partial charge in [0.15, 0.2) is 0 Å². The minimum atomic E-state index is -0.237. The number of amides is 1. The second-order valence-electron chi connectivity index (χ2n) is 3.50. The van der Waals surface area contributed by atoms with Gasteiger partial charge in [-0.2, -0.15) is 0 Å². The van der Waals surface area contributed by atoms with Crippen LogP contribution in [0.25, 0.3) is 0 Å². The molecule has 8 heteroatoms. The molecule has 0 atom stereocenters. The fourth-order valence-electron chi connectivity index (χ4n) is 1.34. The number of carbonyl (C=O) groups excluding carboxylic acids is 1. The molecule has 0 fully saturated rings. The molecule has 0 saturated heterocycles. The predicted octanol–water partition coefficient (Wildman–Crippen LogP) is -0.611. The molecule has 1 amide bonds. The number of aromatic nitrogens is 4.